The molecule has 1 aromatic carbocycles. The van der Waals surface area contributed by atoms with Crippen molar-refractivity contribution in [3.05, 3.63) is 58.2 Å². The van der Waals surface area contributed by atoms with Gasteiger partial charge in [0.25, 0.3) is 5.91 Å². The molecule has 2 aromatic rings. The van der Waals surface area contributed by atoms with Gasteiger partial charge in [0.05, 0.1) is 24.8 Å². The van der Waals surface area contributed by atoms with Crippen molar-refractivity contribution in [3.63, 3.8) is 0 Å². The summed E-state index contributed by atoms with van der Waals surface area (Å²) in [5.41, 5.74) is 1.67. The fraction of sp³-hybridized carbons (Fsp3) is 0.368. The van der Waals surface area contributed by atoms with Gasteiger partial charge in [-0.3, -0.25) is 4.79 Å². The SMILES string of the molecule is CC[C@H](NC(=O)c1ccc(N2CCOCC2)nc1)c1ccc(Br)cc1. The van der Waals surface area contributed by atoms with E-state index in [1.807, 2.05) is 36.4 Å². The third-order valence-corrected chi connectivity index (χ3v) is 4.86. The number of aromatic nitrogens is 1. The number of halogens is 1. The van der Waals surface area contributed by atoms with Crippen LogP contribution in [0.2, 0.25) is 0 Å². The van der Waals surface area contributed by atoms with Crippen LogP contribution in [0, 0.1) is 0 Å². The number of rotatable bonds is 5. The minimum absolute atomic E-state index is 0.0143. The molecule has 132 valence electrons. The van der Waals surface area contributed by atoms with Crippen LogP contribution in [0.15, 0.2) is 47.1 Å². The van der Waals surface area contributed by atoms with E-state index in [0.29, 0.717) is 5.56 Å². The molecule has 5 nitrogen and oxygen atoms in total. The van der Waals surface area contributed by atoms with E-state index in [-0.39, 0.29) is 11.9 Å². The molecule has 2 heterocycles. The van der Waals surface area contributed by atoms with Crippen molar-refractivity contribution >= 4 is 27.7 Å². The Labute approximate surface area is 156 Å². The van der Waals surface area contributed by atoms with Crippen LogP contribution >= 0.6 is 15.9 Å². The van der Waals surface area contributed by atoms with E-state index < -0.39 is 0 Å². The van der Waals surface area contributed by atoms with Crippen molar-refractivity contribution in [1.82, 2.24) is 10.3 Å². The van der Waals surface area contributed by atoms with Gasteiger partial charge in [-0.25, -0.2) is 4.98 Å². The number of anilines is 1. The molecule has 1 fully saturated rings. The summed E-state index contributed by atoms with van der Waals surface area (Å²) in [6.45, 7) is 5.16. The quantitative estimate of drug-likeness (QED) is 0.828. The number of carbonyl (C=O) groups excluding carboxylic acids is 1. The maximum atomic E-state index is 12.5. The van der Waals surface area contributed by atoms with Gasteiger partial charge >= 0.3 is 0 Å². The Morgan fingerprint density at radius 2 is 1.96 bits per heavy atom. The third kappa shape index (κ3) is 4.58. The lowest BCUT2D eigenvalue weighted by Gasteiger charge is -2.27. The van der Waals surface area contributed by atoms with Gasteiger partial charge in [0.2, 0.25) is 0 Å². The molecule has 0 spiro atoms. The summed E-state index contributed by atoms with van der Waals surface area (Å²) in [5.74, 6) is 0.788. The molecule has 25 heavy (non-hydrogen) atoms. The highest BCUT2D eigenvalue weighted by molar-refractivity contribution is 9.10. The lowest BCUT2D eigenvalue weighted by molar-refractivity contribution is 0.0935. The Bertz CT molecular complexity index is 698. The zero-order valence-corrected chi connectivity index (χ0v) is 15.8. The molecule has 1 amide bonds. The fourth-order valence-electron chi connectivity index (χ4n) is 2.86. The summed E-state index contributed by atoms with van der Waals surface area (Å²) in [4.78, 5) is 19.2. The van der Waals surface area contributed by atoms with E-state index in [1.165, 1.54) is 0 Å². The van der Waals surface area contributed by atoms with Crippen LogP contribution in [0.3, 0.4) is 0 Å². The average Bonchev–Trinajstić information content (AvgIpc) is 2.67. The second-order valence-electron chi connectivity index (χ2n) is 5.99. The van der Waals surface area contributed by atoms with Gasteiger partial charge in [-0.1, -0.05) is 35.0 Å². The second-order valence-corrected chi connectivity index (χ2v) is 6.91. The molecule has 3 rings (SSSR count). The highest BCUT2D eigenvalue weighted by Crippen LogP contribution is 2.20. The number of carbonyl (C=O) groups is 1. The number of nitrogens with zero attached hydrogens (tertiary/aromatic N) is 2. The van der Waals surface area contributed by atoms with Gasteiger partial charge in [0.15, 0.2) is 0 Å². The largest absolute Gasteiger partial charge is 0.378 e. The first-order chi connectivity index (χ1) is 12.2. The molecule has 1 aliphatic rings. The smallest absolute Gasteiger partial charge is 0.253 e. The van der Waals surface area contributed by atoms with Crippen molar-refractivity contribution in [3.8, 4) is 0 Å². The minimum Gasteiger partial charge on any atom is -0.378 e. The lowest BCUT2D eigenvalue weighted by atomic mass is 10.0. The Balaban J connectivity index is 1.66. The summed E-state index contributed by atoms with van der Waals surface area (Å²) in [6.07, 6.45) is 2.47. The standard InChI is InChI=1S/C19H22BrN3O2/c1-2-17(14-3-6-16(20)7-4-14)22-19(24)15-5-8-18(21-13-15)23-9-11-25-12-10-23/h3-8,13,17H,2,9-12H2,1H3,(H,22,24)/t17-/m0/s1. The normalized spacial score (nSPS) is 15.7. The van der Waals surface area contributed by atoms with E-state index in [9.17, 15) is 4.79 Å². The second kappa shape index (κ2) is 8.45. The summed E-state index contributed by atoms with van der Waals surface area (Å²) in [5, 5.41) is 3.09. The number of hydrogen-bond acceptors (Lipinski definition) is 4. The first-order valence-electron chi connectivity index (χ1n) is 8.52. The van der Waals surface area contributed by atoms with Crippen LogP contribution in [0.25, 0.3) is 0 Å². The molecule has 1 aliphatic heterocycles. The van der Waals surface area contributed by atoms with Crippen molar-refractivity contribution < 1.29 is 9.53 Å². The first-order valence-corrected chi connectivity index (χ1v) is 9.31. The van der Waals surface area contributed by atoms with Crippen LogP contribution < -0.4 is 10.2 Å². The van der Waals surface area contributed by atoms with Crippen LogP contribution in [-0.2, 0) is 4.74 Å². The molecule has 0 bridgehead atoms. The number of hydrogen-bond donors (Lipinski definition) is 1. The first kappa shape index (κ1) is 17.9. The average molecular weight is 404 g/mol. The van der Waals surface area contributed by atoms with Gasteiger partial charge in [0, 0.05) is 23.8 Å². The number of pyridine rings is 1. The van der Waals surface area contributed by atoms with Gasteiger partial charge in [-0.2, -0.15) is 0 Å². The molecule has 1 N–H and O–H groups in total. The molecule has 0 radical (unpaired) electrons. The zero-order chi connectivity index (χ0) is 17.6. The highest BCUT2D eigenvalue weighted by Gasteiger charge is 2.16. The van der Waals surface area contributed by atoms with Crippen molar-refractivity contribution in [2.45, 2.75) is 19.4 Å². The van der Waals surface area contributed by atoms with Crippen LogP contribution in [0.1, 0.15) is 35.3 Å². The van der Waals surface area contributed by atoms with Gasteiger partial charge in [0.1, 0.15) is 5.82 Å². The lowest BCUT2D eigenvalue weighted by Crippen LogP contribution is -2.36. The minimum atomic E-state index is -0.101. The molecule has 1 aromatic heterocycles. The van der Waals surface area contributed by atoms with Crippen molar-refractivity contribution in [1.29, 1.82) is 0 Å². The Morgan fingerprint density at radius 3 is 2.56 bits per heavy atom. The summed E-state index contributed by atoms with van der Waals surface area (Å²) < 4.78 is 6.38. The van der Waals surface area contributed by atoms with E-state index >= 15 is 0 Å². The van der Waals surface area contributed by atoms with E-state index in [0.717, 1.165) is 48.6 Å². The van der Waals surface area contributed by atoms with Gasteiger partial charge in [-0.05, 0) is 36.2 Å². The molecule has 0 aliphatic carbocycles. The van der Waals surface area contributed by atoms with E-state index in [2.05, 4.69) is 38.1 Å². The fourth-order valence-corrected chi connectivity index (χ4v) is 3.12. The molecule has 1 atom stereocenters. The third-order valence-electron chi connectivity index (χ3n) is 4.33. The maximum Gasteiger partial charge on any atom is 0.253 e. The summed E-state index contributed by atoms with van der Waals surface area (Å²) in [6, 6.07) is 11.8. The van der Waals surface area contributed by atoms with Gasteiger partial charge < -0.3 is 15.0 Å². The highest BCUT2D eigenvalue weighted by atomic mass is 79.9. The Kier molecular flexibility index (Phi) is 6.04. The summed E-state index contributed by atoms with van der Waals surface area (Å²) in [7, 11) is 0. The van der Waals surface area contributed by atoms with E-state index in [4.69, 9.17) is 4.74 Å². The molecule has 1 saturated heterocycles. The topological polar surface area (TPSA) is 54.5 Å². The number of ether oxygens (including phenoxy) is 1. The van der Waals surface area contributed by atoms with Gasteiger partial charge in [-0.15, -0.1) is 0 Å². The Morgan fingerprint density at radius 1 is 1.24 bits per heavy atom. The maximum absolute atomic E-state index is 12.5. The molecule has 0 unspecified atom stereocenters. The number of amides is 1. The van der Waals surface area contributed by atoms with Crippen LogP contribution in [0.4, 0.5) is 5.82 Å². The molecular weight excluding hydrogens is 382 g/mol. The molecule has 0 saturated carbocycles. The number of morpholine rings is 1. The predicted octanol–water partition coefficient (Wildman–Crippen LogP) is 3.56. The number of nitrogens with one attached hydrogen (secondary N) is 1. The summed E-state index contributed by atoms with van der Waals surface area (Å²) >= 11 is 3.44. The molecule has 6 heteroatoms. The zero-order valence-electron chi connectivity index (χ0n) is 14.2. The number of benzene rings is 1. The van der Waals surface area contributed by atoms with Crippen LogP contribution in [0.5, 0.6) is 0 Å². The van der Waals surface area contributed by atoms with Crippen molar-refractivity contribution in [2.24, 2.45) is 0 Å². The van der Waals surface area contributed by atoms with Crippen molar-refractivity contribution in [2.75, 3.05) is 31.2 Å². The monoisotopic (exact) mass is 403 g/mol. The van der Waals surface area contributed by atoms with Crippen LogP contribution in [-0.4, -0.2) is 37.2 Å². The predicted molar refractivity (Wildman–Crippen MR) is 102 cm³/mol. The molecular formula is C19H22BrN3O2. The van der Waals surface area contributed by atoms with E-state index in [1.54, 1.807) is 6.20 Å². The Hall–Kier alpha value is -1.92.